The van der Waals surface area contributed by atoms with Crippen molar-refractivity contribution >= 4 is 44.1 Å². The molecule has 0 saturated heterocycles. The molecule has 0 aliphatic carbocycles. The second kappa shape index (κ2) is 9.75. The molecule has 0 saturated carbocycles. The number of aromatic nitrogens is 2. The van der Waals surface area contributed by atoms with Crippen LogP contribution in [0.2, 0.25) is 5.02 Å². The van der Waals surface area contributed by atoms with E-state index in [0.29, 0.717) is 0 Å². The summed E-state index contributed by atoms with van der Waals surface area (Å²) in [6.45, 7) is 1.60. The summed E-state index contributed by atoms with van der Waals surface area (Å²) in [6.07, 6.45) is -2.05. The number of fused-ring (bicyclic) bond motifs is 1. The first-order valence-corrected chi connectivity index (χ1v) is 12.7. The van der Waals surface area contributed by atoms with Crippen LogP contribution in [0.3, 0.4) is 0 Å². The van der Waals surface area contributed by atoms with Crippen LogP contribution in [0.25, 0.3) is 22.2 Å². The van der Waals surface area contributed by atoms with Crippen molar-refractivity contribution in [1.82, 2.24) is 9.97 Å². The number of sulfonamides is 1. The van der Waals surface area contributed by atoms with E-state index in [1.165, 1.54) is 18.3 Å². The Labute approximate surface area is 212 Å². The van der Waals surface area contributed by atoms with E-state index in [1.54, 1.807) is 6.92 Å². The van der Waals surface area contributed by atoms with Crippen molar-refractivity contribution in [2.75, 3.05) is 10.5 Å². The first-order chi connectivity index (χ1) is 17.3. The number of hydrogen-bond acceptors (Lipinski definition) is 4. The molecule has 0 spiro atoms. The maximum Gasteiger partial charge on any atom is 0.417 e. The quantitative estimate of drug-likeness (QED) is 0.199. The van der Waals surface area contributed by atoms with E-state index in [2.05, 4.69) is 9.97 Å². The van der Waals surface area contributed by atoms with Gasteiger partial charge in [0, 0.05) is 28.9 Å². The molecule has 0 aliphatic heterocycles. The lowest BCUT2D eigenvalue weighted by Gasteiger charge is -2.12. The Kier molecular flexibility index (Phi) is 6.99. The Bertz CT molecular complexity index is 1630. The van der Waals surface area contributed by atoms with E-state index >= 15 is 4.39 Å². The Morgan fingerprint density at radius 3 is 2.51 bits per heavy atom. The first kappa shape index (κ1) is 26.6. The van der Waals surface area contributed by atoms with Gasteiger partial charge in [0.1, 0.15) is 11.5 Å². The molecule has 0 unspecified atom stereocenters. The van der Waals surface area contributed by atoms with Gasteiger partial charge in [-0.1, -0.05) is 24.6 Å². The number of benzene rings is 2. The van der Waals surface area contributed by atoms with Gasteiger partial charge in [0.05, 0.1) is 27.6 Å². The number of nitrogens with zero attached hydrogens (tertiary/aromatic N) is 1. The van der Waals surface area contributed by atoms with Gasteiger partial charge in [-0.05, 0) is 42.3 Å². The molecule has 2 aromatic carbocycles. The number of carbonyl (C=O) groups is 1. The van der Waals surface area contributed by atoms with E-state index in [4.69, 9.17) is 11.6 Å². The second-order valence-corrected chi connectivity index (χ2v) is 10.3. The van der Waals surface area contributed by atoms with E-state index in [9.17, 15) is 30.8 Å². The van der Waals surface area contributed by atoms with Crippen molar-refractivity contribution < 1.29 is 35.2 Å². The van der Waals surface area contributed by atoms with Crippen LogP contribution in [0.1, 0.15) is 34.8 Å². The predicted molar refractivity (Wildman–Crippen MR) is 129 cm³/mol. The summed E-state index contributed by atoms with van der Waals surface area (Å²) in [5.41, 5.74) is -2.48. The van der Waals surface area contributed by atoms with Crippen LogP contribution in [-0.2, 0) is 16.2 Å². The summed E-state index contributed by atoms with van der Waals surface area (Å²) < 4.78 is 95.8. The van der Waals surface area contributed by atoms with Gasteiger partial charge in [-0.3, -0.25) is 9.52 Å². The minimum atomic E-state index is -4.71. The number of nitrogens with one attached hydrogen (secondary N) is 2. The molecule has 0 aliphatic rings. The molecule has 194 valence electrons. The van der Waals surface area contributed by atoms with Gasteiger partial charge in [0.2, 0.25) is 15.8 Å². The molecule has 4 aromatic rings. The highest BCUT2D eigenvalue weighted by molar-refractivity contribution is 7.92. The topological polar surface area (TPSA) is 91.9 Å². The normalized spacial score (nSPS) is 12.2. The number of halogens is 6. The molecule has 0 atom stereocenters. The number of alkyl halides is 3. The maximum atomic E-state index is 15.2. The standard InChI is InChI=1S/C24H17ClF5N3O3S/c1-2-7-37(35,36)33-19-6-5-18(26)20(21(19)27)22(34)15-11-32-23-14(15)8-13(10-31-23)12-3-4-17(25)16(9-12)24(28,29)30/h3-6,8-11,33H,2,7H2,1H3,(H,31,32). The summed E-state index contributed by atoms with van der Waals surface area (Å²) in [5, 5.41) is -0.412. The number of anilines is 1. The van der Waals surface area contributed by atoms with E-state index in [1.807, 2.05) is 4.72 Å². The number of pyridine rings is 1. The smallest absolute Gasteiger partial charge is 0.345 e. The number of ketones is 1. The number of hydrogen-bond donors (Lipinski definition) is 2. The molecule has 0 fully saturated rings. The third kappa shape index (κ3) is 5.30. The summed E-state index contributed by atoms with van der Waals surface area (Å²) in [4.78, 5) is 20.0. The zero-order valence-corrected chi connectivity index (χ0v) is 20.5. The van der Waals surface area contributed by atoms with Crippen LogP contribution in [0.4, 0.5) is 27.6 Å². The predicted octanol–water partition coefficient (Wildman–Crippen LogP) is 6.56. The molecule has 0 amide bonds. The van der Waals surface area contributed by atoms with Gasteiger partial charge >= 0.3 is 6.18 Å². The van der Waals surface area contributed by atoms with Crippen molar-refractivity contribution in [3.8, 4) is 11.1 Å². The Balaban J connectivity index is 1.79. The third-order valence-electron chi connectivity index (χ3n) is 5.44. The molecule has 0 bridgehead atoms. The molecular weight excluding hydrogens is 541 g/mol. The Hall–Kier alpha value is -3.51. The third-order valence-corrected chi connectivity index (χ3v) is 7.24. The fourth-order valence-electron chi connectivity index (χ4n) is 3.73. The van der Waals surface area contributed by atoms with Crippen LogP contribution in [0.15, 0.2) is 48.8 Å². The highest BCUT2D eigenvalue weighted by Gasteiger charge is 2.33. The summed E-state index contributed by atoms with van der Waals surface area (Å²) in [6, 6.07) is 6.19. The van der Waals surface area contributed by atoms with Gasteiger partial charge in [-0.2, -0.15) is 13.2 Å². The average molecular weight is 558 g/mol. The lowest BCUT2D eigenvalue weighted by Crippen LogP contribution is -2.18. The highest BCUT2D eigenvalue weighted by atomic mass is 35.5. The van der Waals surface area contributed by atoms with Crippen LogP contribution in [0, 0.1) is 11.6 Å². The second-order valence-electron chi connectivity index (χ2n) is 8.05. The van der Waals surface area contributed by atoms with Crippen molar-refractivity contribution in [2.45, 2.75) is 19.5 Å². The van der Waals surface area contributed by atoms with Crippen molar-refractivity contribution in [3.63, 3.8) is 0 Å². The lowest BCUT2D eigenvalue weighted by molar-refractivity contribution is -0.137. The minimum absolute atomic E-state index is 0.0850. The molecule has 2 heterocycles. The van der Waals surface area contributed by atoms with E-state index in [-0.39, 0.29) is 39.9 Å². The summed E-state index contributed by atoms with van der Waals surface area (Å²) in [7, 11) is -3.93. The number of H-pyrrole nitrogens is 1. The van der Waals surface area contributed by atoms with Gasteiger partial charge in [-0.25, -0.2) is 22.2 Å². The number of aromatic amines is 1. The van der Waals surface area contributed by atoms with Gasteiger partial charge in [0.15, 0.2) is 5.82 Å². The minimum Gasteiger partial charge on any atom is -0.345 e. The van der Waals surface area contributed by atoms with Gasteiger partial charge in [0.25, 0.3) is 0 Å². The van der Waals surface area contributed by atoms with Crippen LogP contribution >= 0.6 is 11.6 Å². The highest BCUT2D eigenvalue weighted by Crippen LogP contribution is 2.38. The molecule has 37 heavy (non-hydrogen) atoms. The van der Waals surface area contributed by atoms with E-state index in [0.717, 1.165) is 30.5 Å². The zero-order chi connectivity index (χ0) is 27.1. The molecule has 6 nitrogen and oxygen atoms in total. The molecule has 13 heteroatoms. The maximum absolute atomic E-state index is 15.2. The van der Waals surface area contributed by atoms with Crippen molar-refractivity contribution in [3.05, 3.63) is 82.1 Å². The van der Waals surface area contributed by atoms with Crippen LogP contribution < -0.4 is 4.72 Å². The van der Waals surface area contributed by atoms with Crippen LogP contribution in [-0.4, -0.2) is 29.9 Å². The summed E-state index contributed by atoms with van der Waals surface area (Å²) >= 11 is 5.68. The molecule has 0 radical (unpaired) electrons. The zero-order valence-electron chi connectivity index (χ0n) is 18.9. The Morgan fingerprint density at radius 1 is 1.11 bits per heavy atom. The SMILES string of the molecule is CCCS(=O)(=O)Nc1ccc(F)c(C(=O)c2c[nH]c3ncc(-c4ccc(Cl)c(C(F)(F)F)c4)cc23)c1F. The average Bonchev–Trinajstić information content (AvgIpc) is 3.24. The van der Waals surface area contributed by atoms with Gasteiger partial charge < -0.3 is 4.98 Å². The molecular formula is C24H17ClF5N3O3S. The fourth-order valence-corrected chi connectivity index (χ4v) is 5.09. The molecule has 2 aromatic heterocycles. The largest absolute Gasteiger partial charge is 0.417 e. The van der Waals surface area contributed by atoms with Crippen LogP contribution in [0.5, 0.6) is 0 Å². The monoisotopic (exact) mass is 557 g/mol. The fraction of sp³-hybridized carbons (Fsp3) is 0.167. The molecule has 2 N–H and O–H groups in total. The number of rotatable bonds is 7. The van der Waals surface area contributed by atoms with Crippen molar-refractivity contribution in [1.29, 1.82) is 0 Å². The molecule has 4 rings (SSSR count). The first-order valence-electron chi connectivity index (χ1n) is 10.7. The summed E-state index contributed by atoms with van der Waals surface area (Å²) in [5.74, 6) is -4.07. The van der Waals surface area contributed by atoms with Gasteiger partial charge in [-0.15, -0.1) is 0 Å². The lowest BCUT2D eigenvalue weighted by atomic mass is 9.99. The Morgan fingerprint density at radius 2 is 1.84 bits per heavy atom. The van der Waals surface area contributed by atoms with E-state index < -0.39 is 55.5 Å². The van der Waals surface area contributed by atoms with Crippen molar-refractivity contribution in [2.24, 2.45) is 0 Å². The number of carbonyl (C=O) groups excluding carboxylic acids is 1.